The number of aryl methyl sites for hydroxylation is 1. The number of anilines is 2. The Labute approximate surface area is 154 Å². The average Bonchev–Trinajstić information content (AvgIpc) is 3.17. The van der Waals surface area contributed by atoms with Crippen molar-refractivity contribution in [3.63, 3.8) is 0 Å². The minimum Gasteiger partial charge on any atom is -0.383 e. The lowest BCUT2D eigenvalue weighted by Crippen LogP contribution is -2.21. The van der Waals surface area contributed by atoms with Crippen molar-refractivity contribution in [2.75, 3.05) is 11.1 Å². The van der Waals surface area contributed by atoms with Gasteiger partial charge >= 0.3 is 0 Å². The molecule has 0 bridgehead atoms. The molecule has 1 aliphatic rings. The summed E-state index contributed by atoms with van der Waals surface area (Å²) >= 11 is 5.75. The zero-order valence-electron chi connectivity index (χ0n) is 14.1. The first kappa shape index (κ1) is 18.2. The van der Waals surface area contributed by atoms with Gasteiger partial charge in [-0.15, -0.1) is 0 Å². The molecule has 5 N–H and O–H groups in total. The third kappa shape index (κ3) is 3.37. The lowest BCUT2D eigenvalue weighted by Gasteiger charge is -2.11. The molecule has 2 aromatic rings. The van der Waals surface area contributed by atoms with Crippen LogP contribution in [-0.2, 0) is 11.8 Å². The number of benzene rings is 1. The molecule has 1 aromatic carbocycles. The van der Waals surface area contributed by atoms with Crippen molar-refractivity contribution in [3.8, 4) is 0 Å². The number of primary amides is 1. The molecule has 0 spiro atoms. The first-order valence-electron chi connectivity index (χ1n) is 8.16. The summed E-state index contributed by atoms with van der Waals surface area (Å²) in [5, 5.41) is 6.94. The molecule has 7 nitrogen and oxygen atoms in total. The van der Waals surface area contributed by atoms with Crippen LogP contribution >= 0.6 is 11.6 Å². The molecule has 2 unspecified atom stereocenters. The number of hydrogen-bond acceptors (Lipinski definition) is 4. The summed E-state index contributed by atoms with van der Waals surface area (Å²) in [4.78, 5) is 24.2. The van der Waals surface area contributed by atoms with E-state index in [0.29, 0.717) is 30.6 Å². The van der Waals surface area contributed by atoms with E-state index >= 15 is 0 Å². The van der Waals surface area contributed by atoms with Gasteiger partial charge in [0.2, 0.25) is 5.91 Å². The molecular weight excluding hydrogens is 361 g/mol. The molecule has 138 valence electrons. The van der Waals surface area contributed by atoms with Gasteiger partial charge in [-0.25, -0.2) is 4.39 Å². The van der Waals surface area contributed by atoms with E-state index in [2.05, 4.69) is 10.4 Å². The first-order valence-corrected chi connectivity index (χ1v) is 8.53. The Balaban J connectivity index is 1.88. The number of nitrogen functional groups attached to an aromatic ring is 1. The SMILES string of the molecule is Cn1nc(C2CCC(C(N)=O)C2)c(C(=O)Nc2ccc(F)c(Cl)c2)c1N. The number of carbonyl (C=O) groups is 2. The van der Waals surface area contributed by atoms with Gasteiger partial charge in [-0.1, -0.05) is 11.6 Å². The van der Waals surface area contributed by atoms with Crippen molar-refractivity contribution < 1.29 is 14.0 Å². The van der Waals surface area contributed by atoms with E-state index in [1.165, 1.54) is 22.9 Å². The van der Waals surface area contributed by atoms with E-state index in [-0.39, 0.29) is 34.1 Å². The molecular formula is C17H19ClFN5O2. The maximum atomic E-state index is 13.3. The molecule has 0 saturated heterocycles. The van der Waals surface area contributed by atoms with Crippen LogP contribution in [0.5, 0.6) is 0 Å². The smallest absolute Gasteiger partial charge is 0.261 e. The summed E-state index contributed by atoms with van der Waals surface area (Å²) in [5.74, 6) is -1.47. The van der Waals surface area contributed by atoms with Gasteiger partial charge in [-0.05, 0) is 37.5 Å². The van der Waals surface area contributed by atoms with Gasteiger partial charge in [-0.3, -0.25) is 14.3 Å². The fourth-order valence-corrected chi connectivity index (χ4v) is 3.51. The van der Waals surface area contributed by atoms with E-state index < -0.39 is 11.7 Å². The number of nitrogens with zero attached hydrogens (tertiary/aromatic N) is 2. The Morgan fingerprint density at radius 3 is 2.73 bits per heavy atom. The van der Waals surface area contributed by atoms with E-state index in [9.17, 15) is 14.0 Å². The van der Waals surface area contributed by atoms with Crippen LogP contribution in [0.1, 0.15) is 41.2 Å². The lowest BCUT2D eigenvalue weighted by molar-refractivity contribution is -0.121. The third-order valence-corrected chi connectivity index (χ3v) is 5.03. The summed E-state index contributed by atoms with van der Waals surface area (Å²) in [7, 11) is 1.64. The molecule has 2 atom stereocenters. The van der Waals surface area contributed by atoms with E-state index in [1.54, 1.807) is 7.05 Å². The van der Waals surface area contributed by atoms with Crippen LogP contribution in [0.15, 0.2) is 18.2 Å². The van der Waals surface area contributed by atoms with Gasteiger partial charge in [-0.2, -0.15) is 5.10 Å². The highest BCUT2D eigenvalue weighted by molar-refractivity contribution is 6.31. The van der Waals surface area contributed by atoms with Gasteiger partial charge in [0.1, 0.15) is 17.2 Å². The number of amides is 2. The van der Waals surface area contributed by atoms with E-state index in [1.807, 2.05) is 0 Å². The standard InChI is InChI=1S/C17H19ClFN5O2/c1-24-15(20)13(14(23-24)8-2-3-9(6-8)16(21)25)17(26)22-10-4-5-12(19)11(18)7-10/h4-5,7-9H,2-3,6,20H2,1H3,(H2,21,25)(H,22,26). The number of nitrogens with two attached hydrogens (primary N) is 2. The number of halogens is 2. The fourth-order valence-electron chi connectivity index (χ4n) is 3.33. The average molecular weight is 380 g/mol. The number of hydrogen-bond donors (Lipinski definition) is 3. The summed E-state index contributed by atoms with van der Waals surface area (Å²) < 4.78 is 14.7. The van der Waals surface area contributed by atoms with E-state index in [0.717, 1.165) is 0 Å². The van der Waals surface area contributed by atoms with Crippen molar-refractivity contribution in [1.29, 1.82) is 0 Å². The van der Waals surface area contributed by atoms with Gasteiger partial charge in [0.25, 0.3) is 5.91 Å². The van der Waals surface area contributed by atoms with Gasteiger partial charge in [0, 0.05) is 24.6 Å². The van der Waals surface area contributed by atoms with Crippen LogP contribution in [0.25, 0.3) is 0 Å². The maximum absolute atomic E-state index is 13.3. The molecule has 3 rings (SSSR count). The number of carbonyl (C=O) groups excluding carboxylic acids is 2. The zero-order valence-corrected chi connectivity index (χ0v) is 14.9. The highest BCUT2D eigenvalue weighted by Gasteiger charge is 2.35. The van der Waals surface area contributed by atoms with Crippen molar-refractivity contribution in [2.45, 2.75) is 25.2 Å². The van der Waals surface area contributed by atoms with Crippen LogP contribution in [0.4, 0.5) is 15.9 Å². The van der Waals surface area contributed by atoms with Crippen molar-refractivity contribution in [2.24, 2.45) is 18.7 Å². The highest BCUT2D eigenvalue weighted by Crippen LogP contribution is 2.40. The maximum Gasteiger partial charge on any atom is 0.261 e. The van der Waals surface area contributed by atoms with Gasteiger partial charge < -0.3 is 16.8 Å². The van der Waals surface area contributed by atoms with Crippen LogP contribution in [0.3, 0.4) is 0 Å². The molecule has 2 amide bonds. The minimum absolute atomic E-state index is 0.0754. The second kappa shape index (κ2) is 6.95. The molecule has 1 saturated carbocycles. The monoisotopic (exact) mass is 379 g/mol. The molecule has 26 heavy (non-hydrogen) atoms. The van der Waals surface area contributed by atoms with Crippen molar-refractivity contribution in [1.82, 2.24) is 9.78 Å². The third-order valence-electron chi connectivity index (χ3n) is 4.74. The second-order valence-corrected chi connectivity index (χ2v) is 6.87. The number of rotatable bonds is 4. The Hall–Kier alpha value is -2.61. The van der Waals surface area contributed by atoms with Crippen LogP contribution < -0.4 is 16.8 Å². The Kier molecular flexibility index (Phi) is 4.86. The predicted molar refractivity (Wildman–Crippen MR) is 96.3 cm³/mol. The summed E-state index contributed by atoms with van der Waals surface area (Å²) in [5.41, 5.74) is 12.6. The summed E-state index contributed by atoms with van der Waals surface area (Å²) in [6.45, 7) is 0. The Morgan fingerprint density at radius 2 is 2.12 bits per heavy atom. The van der Waals surface area contributed by atoms with Crippen molar-refractivity contribution >= 4 is 34.9 Å². The minimum atomic E-state index is -0.574. The molecule has 1 aromatic heterocycles. The highest BCUT2D eigenvalue weighted by atomic mass is 35.5. The zero-order chi connectivity index (χ0) is 19.0. The second-order valence-electron chi connectivity index (χ2n) is 6.46. The Bertz CT molecular complexity index is 882. The lowest BCUT2D eigenvalue weighted by atomic mass is 9.97. The quantitative estimate of drug-likeness (QED) is 0.756. The predicted octanol–water partition coefficient (Wildman–Crippen LogP) is 2.42. The molecule has 1 heterocycles. The normalized spacial score (nSPS) is 19.5. The van der Waals surface area contributed by atoms with Crippen molar-refractivity contribution in [3.05, 3.63) is 40.3 Å². The number of nitrogens with one attached hydrogen (secondary N) is 1. The fraction of sp³-hybridized carbons (Fsp3) is 0.353. The molecule has 9 heteroatoms. The molecule has 0 radical (unpaired) electrons. The topological polar surface area (TPSA) is 116 Å². The summed E-state index contributed by atoms with van der Waals surface area (Å²) in [6.07, 6.45) is 1.90. The van der Waals surface area contributed by atoms with Crippen LogP contribution in [0, 0.1) is 11.7 Å². The van der Waals surface area contributed by atoms with Crippen LogP contribution in [-0.4, -0.2) is 21.6 Å². The molecule has 1 aliphatic carbocycles. The van der Waals surface area contributed by atoms with Gasteiger partial charge in [0.05, 0.1) is 10.7 Å². The largest absolute Gasteiger partial charge is 0.383 e. The Morgan fingerprint density at radius 1 is 1.38 bits per heavy atom. The van der Waals surface area contributed by atoms with E-state index in [4.69, 9.17) is 23.1 Å². The molecule has 1 fully saturated rings. The number of aromatic nitrogens is 2. The van der Waals surface area contributed by atoms with Crippen LogP contribution in [0.2, 0.25) is 5.02 Å². The van der Waals surface area contributed by atoms with Gasteiger partial charge in [0.15, 0.2) is 0 Å². The summed E-state index contributed by atoms with van der Waals surface area (Å²) in [6, 6.07) is 3.89. The molecule has 0 aliphatic heterocycles. The first-order chi connectivity index (χ1) is 12.3.